The Bertz CT molecular complexity index is 1050. The third-order valence-corrected chi connectivity index (χ3v) is 5.94. The van der Waals surface area contributed by atoms with Gasteiger partial charge in [0.25, 0.3) is 0 Å². The molecule has 30 heavy (non-hydrogen) atoms. The second-order valence-electron chi connectivity index (χ2n) is 7.12. The summed E-state index contributed by atoms with van der Waals surface area (Å²) in [6, 6.07) is 21.0. The Morgan fingerprint density at radius 1 is 0.967 bits per heavy atom. The summed E-state index contributed by atoms with van der Waals surface area (Å²) in [5, 5.41) is 12.2. The highest BCUT2D eigenvalue weighted by atomic mass is 79.9. The number of carboxylic acid groups (broad SMARTS) is 1. The first kappa shape index (κ1) is 20.2. The molecular weight excluding hydrogens is 446 g/mol. The normalized spacial score (nSPS) is 13.3. The van der Waals surface area contributed by atoms with Crippen molar-refractivity contribution in [2.75, 3.05) is 7.11 Å². The minimum Gasteiger partial charge on any atom is -0.548 e. The Labute approximate surface area is 183 Å². The molecule has 0 unspecified atom stereocenters. The van der Waals surface area contributed by atoms with Crippen LogP contribution < -0.4 is 5.11 Å². The second-order valence-corrected chi connectivity index (χ2v) is 8.04. The molecule has 0 bridgehead atoms. The third kappa shape index (κ3) is 3.59. The van der Waals surface area contributed by atoms with Crippen molar-refractivity contribution in [3.05, 3.63) is 94.0 Å². The molecule has 3 aromatic carbocycles. The van der Waals surface area contributed by atoms with Gasteiger partial charge in [-0.2, -0.15) is 0 Å². The minimum absolute atomic E-state index is 0.103. The molecular formula is C24H19BrNO4-. The van der Waals surface area contributed by atoms with Gasteiger partial charge in [0.05, 0.1) is 25.2 Å². The number of hydrogen-bond acceptors (Lipinski definition) is 4. The van der Waals surface area contributed by atoms with Gasteiger partial charge < -0.3 is 14.6 Å². The van der Waals surface area contributed by atoms with Crippen molar-refractivity contribution >= 4 is 28.0 Å². The standard InChI is InChI=1S/C24H20BrNO4/c1-30-24(29)26(21(23(27)28)14-15-10-12-16(25)13-11-15)22-19-8-4-2-6-17(19)18-7-3-5-9-20(18)22/h2-13,21-22H,14H2,1H3,(H,27,28)/p-1/t21-/m1/s1. The first-order valence-corrected chi connectivity index (χ1v) is 10.3. The Morgan fingerprint density at radius 2 is 1.50 bits per heavy atom. The van der Waals surface area contributed by atoms with Gasteiger partial charge in [-0.1, -0.05) is 76.6 Å². The fourth-order valence-electron chi connectivity index (χ4n) is 4.09. The molecule has 4 rings (SSSR count). The van der Waals surface area contributed by atoms with Crippen molar-refractivity contribution < 1.29 is 19.4 Å². The molecule has 3 aromatic rings. The monoisotopic (exact) mass is 464 g/mol. The number of carbonyl (C=O) groups excluding carboxylic acids is 2. The average molecular weight is 465 g/mol. The number of amides is 1. The Morgan fingerprint density at radius 3 is 2.00 bits per heavy atom. The van der Waals surface area contributed by atoms with Crippen molar-refractivity contribution in [1.29, 1.82) is 0 Å². The van der Waals surface area contributed by atoms with Crippen LogP contribution in [0, 0.1) is 0 Å². The molecule has 1 amide bonds. The zero-order valence-corrected chi connectivity index (χ0v) is 17.8. The van der Waals surface area contributed by atoms with E-state index in [1.54, 1.807) is 0 Å². The second kappa shape index (κ2) is 8.32. The Kier molecular flexibility index (Phi) is 5.59. The molecule has 1 aliphatic rings. The maximum absolute atomic E-state index is 12.9. The largest absolute Gasteiger partial charge is 0.548 e. The predicted molar refractivity (Wildman–Crippen MR) is 115 cm³/mol. The van der Waals surface area contributed by atoms with Crippen LogP contribution >= 0.6 is 15.9 Å². The van der Waals surface area contributed by atoms with Gasteiger partial charge in [0.2, 0.25) is 0 Å². The summed E-state index contributed by atoms with van der Waals surface area (Å²) in [5.41, 5.74) is 4.47. The van der Waals surface area contributed by atoms with E-state index in [9.17, 15) is 14.7 Å². The fraction of sp³-hybridized carbons (Fsp3) is 0.167. The fourth-order valence-corrected chi connectivity index (χ4v) is 4.35. The average Bonchev–Trinajstić information content (AvgIpc) is 3.09. The van der Waals surface area contributed by atoms with Crippen LogP contribution in [0.4, 0.5) is 4.79 Å². The zero-order valence-electron chi connectivity index (χ0n) is 16.2. The highest BCUT2D eigenvalue weighted by Gasteiger charge is 2.40. The summed E-state index contributed by atoms with van der Waals surface area (Å²) >= 11 is 3.38. The van der Waals surface area contributed by atoms with Crippen LogP contribution in [0.15, 0.2) is 77.3 Å². The van der Waals surface area contributed by atoms with E-state index in [1.165, 1.54) is 12.0 Å². The van der Waals surface area contributed by atoms with Gasteiger partial charge in [-0.25, -0.2) is 4.79 Å². The molecule has 152 valence electrons. The zero-order chi connectivity index (χ0) is 21.3. The number of rotatable bonds is 5. The first-order chi connectivity index (χ1) is 14.5. The number of benzene rings is 3. The van der Waals surface area contributed by atoms with Crippen LogP contribution in [0.1, 0.15) is 22.7 Å². The van der Waals surface area contributed by atoms with E-state index in [4.69, 9.17) is 4.74 Å². The molecule has 0 aliphatic heterocycles. The van der Waals surface area contributed by atoms with Crippen molar-refractivity contribution in [3.8, 4) is 11.1 Å². The van der Waals surface area contributed by atoms with Crippen molar-refractivity contribution in [2.24, 2.45) is 0 Å². The van der Waals surface area contributed by atoms with Crippen LogP contribution in [0.5, 0.6) is 0 Å². The summed E-state index contributed by atoms with van der Waals surface area (Å²) in [6.07, 6.45) is -0.608. The quantitative estimate of drug-likeness (QED) is 0.573. The molecule has 0 saturated heterocycles. The highest BCUT2D eigenvalue weighted by molar-refractivity contribution is 9.10. The van der Waals surface area contributed by atoms with Crippen LogP contribution in [-0.4, -0.2) is 30.1 Å². The number of methoxy groups -OCH3 is 1. The van der Waals surface area contributed by atoms with Gasteiger partial charge in [-0.05, 0) is 46.4 Å². The van der Waals surface area contributed by atoms with E-state index < -0.39 is 24.1 Å². The lowest BCUT2D eigenvalue weighted by atomic mass is 9.98. The molecule has 0 N–H and O–H groups in total. The molecule has 1 atom stereocenters. The van der Waals surface area contributed by atoms with Crippen molar-refractivity contribution in [2.45, 2.75) is 18.5 Å². The van der Waals surface area contributed by atoms with E-state index in [1.807, 2.05) is 72.8 Å². The lowest BCUT2D eigenvalue weighted by Gasteiger charge is -2.37. The lowest BCUT2D eigenvalue weighted by molar-refractivity contribution is -0.311. The molecule has 1 aliphatic carbocycles. The maximum Gasteiger partial charge on any atom is 0.410 e. The summed E-state index contributed by atoms with van der Waals surface area (Å²) < 4.78 is 5.92. The van der Waals surface area contributed by atoms with Crippen LogP contribution in [0.2, 0.25) is 0 Å². The molecule has 0 aromatic heterocycles. The summed E-state index contributed by atoms with van der Waals surface area (Å²) in [7, 11) is 1.26. The number of hydrogen-bond donors (Lipinski definition) is 0. The van der Waals surface area contributed by atoms with Gasteiger partial charge >= 0.3 is 6.09 Å². The van der Waals surface area contributed by atoms with Gasteiger partial charge in [-0.3, -0.25) is 4.90 Å². The molecule has 5 nitrogen and oxygen atoms in total. The lowest BCUT2D eigenvalue weighted by Crippen LogP contribution is -2.53. The maximum atomic E-state index is 12.9. The summed E-state index contributed by atoms with van der Waals surface area (Å²) in [6.45, 7) is 0. The van der Waals surface area contributed by atoms with E-state index in [-0.39, 0.29) is 6.42 Å². The number of nitrogens with zero attached hydrogens (tertiary/aromatic N) is 1. The number of carboxylic acids is 1. The number of halogens is 1. The van der Waals surface area contributed by atoms with E-state index in [2.05, 4.69) is 15.9 Å². The number of fused-ring (bicyclic) bond motifs is 3. The third-order valence-electron chi connectivity index (χ3n) is 5.41. The first-order valence-electron chi connectivity index (χ1n) is 9.51. The predicted octanol–water partition coefficient (Wildman–Crippen LogP) is 3.95. The molecule has 6 heteroatoms. The van der Waals surface area contributed by atoms with Gasteiger partial charge in [-0.15, -0.1) is 0 Å². The summed E-state index contributed by atoms with van der Waals surface area (Å²) in [5.74, 6) is -1.33. The molecule has 0 heterocycles. The van der Waals surface area contributed by atoms with Crippen LogP contribution in [0.25, 0.3) is 11.1 Å². The van der Waals surface area contributed by atoms with Crippen molar-refractivity contribution in [1.82, 2.24) is 4.90 Å². The minimum atomic E-state index is -1.33. The molecule has 0 fully saturated rings. The van der Waals surface area contributed by atoms with Gasteiger partial charge in [0.15, 0.2) is 0 Å². The van der Waals surface area contributed by atoms with Crippen LogP contribution in [-0.2, 0) is 16.0 Å². The van der Waals surface area contributed by atoms with E-state index in [0.717, 1.165) is 32.3 Å². The van der Waals surface area contributed by atoms with E-state index >= 15 is 0 Å². The van der Waals surface area contributed by atoms with Crippen molar-refractivity contribution in [3.63, 3.8) is 0 Å². The SMILES string of the molecule is COC(=O)N(C1c2ccccc2-c2ccccc21)[C@H](Cc1ccc(Br)cc1)C(=O)[O-]. The van der Waals surface area contributed by atoms with Gasteiger partial charge in [0, 0.05) is 4.47 Å². The molecule has 0 spiro atoms. The number of aliphatic carboxylic acids is 1. The molecule has 0 radical (unpaired) electrons. The topological polar surface area (TPSA) is 69.7 Å². The van der Waals surface area contributed by atoms with Crippen LogP contribution in [0.3, 0.4) is 0 Å². The highest BCUT2D eigenvalue weighted by Crippen LogP contribution is 2.47. The Balaban J connectivity index is 1.83. The van der Waals surface area contributed by atoms with Gasteiger partial charge in [0.1, 0.15) is 0 Å². The molecule has 0 saturated carbocycles. The smallest absolute Gasteiger partial charge is 0.410 e. The number of ether oxygens (including phenoxy) is 1. The summed E-state index contributed by atoms with van der Waals surface area (Å²) in [4.78, 5) is 26.5. The van der Waals surface area contributed by atoms with E-state index in [0.29, 0.717) is 0 Å². The Hall–Kier alpha value is -3.12. The number of carbonyl (C=O) groups is 2.